The first-order valence-electron chi connectivity index (χ1n) is 21.5. The van der Waals surface area contributed by atoms with Gasteiger partial charge in [-0.3, -0.25) is 14.4 Å². The van der Waals surface area contributed by atoms with Crippen molar-refractivity contribution in [2.45, 2.75) is 153 Å². The van der Waals surface area contributed by atoms with Crippen molar-refractivity contribution in [3.63, 3.8) is 0 Å². The molecule has 1 saturated heterocycles. The molecule has 11 heteroatoms. The molecule has 4 aliphatic carbocycles. The van der Waals surface area contributed by atoms with E-state index in [-0.39, 0.29) is 54.4 Å². The highest BCUT2D eigenvalue weighted by Crippen LogP contribution is 2.45. The molecule has 0 spiro atoms. The van der Waals surface area contributed by atoms with E-state index in [9.17, 15) is 19.8 Å². The Bertz CT molecular complexity index is 1150. The molecule has 0 aromatic heterocycles. The number of likely N-dealkylation sites (N-methyl/N-ethyl adjacent to an activating group) is 1. The SMILES string of the molecule is COC1C(CN2O[C@@H](CO)[C@@H]([C@H](C)O)[C@H]2C(=O)N[C@H]2CCC[C@H](C)[C@@H]2C)CCCC1C1CC(C(=O)N[C@H](CN(C)C)C2CCCCC2)CC(N(C)C)C1. The number of hydroxylamine groups is 2. The number of carbonyl (C=O) groups excluding carboxylic acids is 2. The van der Waals surface area contributed by atoms with Crippen LogP contribution in [-0.4, -0.2) is 134 Å². The van der Waals surface area contributed by atoms with Gasteiger partial charge in [0.2, 0.25) is 11.8 Å². The Labute approximate surface area is 321 Å². The summed E-state index contributed by atoms with van der Waals surface area (Å²) in [6.45, 7) is 7.30. The van der Waals surface area contributed by atoms with Gasteiger partial charge >= 0.3 is 0 Å². The van der Waals surface area contributed by atoms with Gasteiger partial charge in [0, 0.05) is 56.1 Å². The zero-order valence-corrected chi connectivity index (χ0v) is 34.6. The predicted octanol–water partition coefficient (Wildman–Crippen LogP) is 4.31. The second kappa shape index (κ2) is 19.7. The van der Waals surface area contributed by atoms with Crippen LogP contribution in [0.2, 0.25) is 0 Å². The smallest absolute Gasteiger partial charge is 0.240 e. The standard InChI is InChI=1S/C42H77N5O6/c1-26-14-12-19-35(27(26)2)43-42(51)39-38(28(3)49)37(25-48)53-47(39)23-30-17-13-18-34(40(30)52-8)31-20-32(22-33(21-31)46(6)7)41(50)44-36(24-45(4)5)29-15-10-9-11-16-29/h26-40,48-49H,9-25H2,1-8H3,(H,43,51)(H,44,50)/t26-,27-,28-,30?,31?,32?,33?,34?,35-,36+,37-,38+,39-,40?/m0/s1. The summed E-state index contributed by atoms with van der Waals surface area (Å²) in [7, 11) is 10.3. The molecule has 0 aromatic rings. The fraction of sp³-hybridized carbons (Fsp3) is 0.952. The summed E-state index contributed by atoms with van der Waals surface area (Å²) < 4.78 is 6.43. The number of ether oxygens (including phenoxy) is 1. The molecule has 0 bridgehead atoms. The lowest BCUT2D eigenvalue weighted by molar-refractivity contribution is -0.192. The number of hydrogen-bond acceptors (Lipinski definition) is 9. The highest BCUT2D eigenvalue weighted by Gasteiger charge is 2.52. The predicted molar refractivity (Wildman–Crippen MR) is 209 cm³/mol. The number of aliphatic hydroxyl groups excluding tert-OH is 2. The van der Waals surface area contributed by atoms with E-state index in [0.717, 1.165) is 57.9 Å². The first kappa shape index (κ1) is 42.8. The van der Waals surface area contributed by atoms with Crippen molar-refractivity contribution < 1.29 is 29.4 Å². The Kier molecular flexibility index (Phi) is 15.9. The summed E-state index contributed by atoms with van der Waals surface area (Å²) >= 11 is 0. The third-order valence-electron chi connectivity index (χ3n) is 14.6. The number of hydrogen-bond donors (Lipinski definition) is 4. The zero-order chi connectivity index (χ0) is 38.4. The lowest BCUT2D eigenvalue weighted by atomic mass is 9.65. The number of amides is 2. The van der Waals surface area contributed by atoms with Crippen LogP contribution in [0, 0.1) is 47.3 Å². The normalized spacial score (nSPS) is 38.9. The quantitative estimate of drug-likeness (QED) is 0.206. The summed E-state index contributed by atoms with van der Waals surface area (Å²) in [6, 6.07) is -0.107. The Morgan fingerprint density at radius 2 is 1.64 bits per heavy atom. The number of aliphatic hydroxyl groups is 2. The van der Waals surface area contributed by atoms with Gasteiger partial charge in [0.15, 0.2) is 0 Å². The molecule has 11 nitrogen and oxygen atoms in total. The van der Waals surface area contributed by atoms with Crippen LogP contribution in [0.25, 0.3) is 0 Å². The highest BCUT2D eigenvalue weighted by atomic mass is 16.7. The van der Waals surface area contributed by atoms with Crippen LogP contribution < -0.4 is 10.6 Å². The van der Waals surface area contributed by atoms with Gasteiger partial charge in [-0.15, -0.1) is 0 Å². The number of carbonyl (C=O) groups is 2. The fourth-order valence-electron chi connectivity index (χ4n) is 11.4. The molecule has 2 amide bonds. The Morgan fingerprint density at radius 3 is 2.28 bits per heavy atom. The molecular formula is C42H77N5O6. The van der Waals surface area contributed by atoms with Gasteiger partial charge in [0.1, 0.15) is 12.1 Å². The summed E-state index contributed by atoms with van der Waals surface area (Å²) in [5.41, 5.74) is 0. The van der Waals surface area contributed by atoms with Crippen LogP contribution in [0.1, 0.15) is 111 Å². The topological polar surface area (TPSA) is 127 Å². The van der Waals surface area contributed by atoms with E-state index in [4.69, 9.17) is 9.57 Å². The maximum absolute atomic E-state index is 14.2. The second-order valence-electron chi connectivity index (χ2n) is 18.7. The van der Waals surface area contributed by atoms with Crippen LogP contribution in [0.15, 0.2) is 0 Å². The molecule has 6 unspecified atom stereocenters. The molecule has 4 saturated carbocycles. The van der Waals surface area contributed by atoms with Gasteiger partial charge < -0.3 is 35.4 Å². The minimum Gasteiger partial charge on any atom is -0.394 e. The minimum atomic E-state index is -0.823. The van der Waals surface area contributed by atoms with E-state index >= 15 is 0 Å². The van der Waals surface area contributed by atoms with E-state index in [1.807, 2.05) is 7.11 Å². The lowest BCUT2D eigenvalue weighted by Crippen LogP contribution is -2.55. The van der Waals surface area contributed by atoms with E-state index in [0.29, 0.717) is 36.3 Å². The first-order valence-corrected chi connectivity index (χ1v) is 21.5. The van der Waals surface area contributed by atoms with Gasteiger partial charge in [-0.2, -0.15) is 5.06 Å². The third-order valence-corrected chi connectivity index (χ3v) is 14.6. The Balaban J connectivity index is 1.32. The molecule has 4 N–H and O–H groups in total. The fourth-order valence-corrected chi connectivity index (χ4v) is 11.4. The number of nitrogens with one attached hydrogen (secondary N) is 2. The van der Waals surface area contributed by atoms with Gasteiger partial charge in [-0.05, 0) is 116 Å². The molecule has 306 valence electrons. The summed E-state index contributed by atoms with van der Waals surface area (Å²) in [5, 5.41) is 30.1. The van der Waals surface area contributed by atoms with Crippen molar-refractivity contribution in [2.24, 2.45) is 47.3 Å². The molecule has 0 radical (unpaired) electrons. The Hall–Kier alpha value is -1.34. The molecule has 5 aliphatic rings. The van der Waals surface area contributed by atoms with Gasteiger partial charge in [-0.25, -0.2) is 0 Å². The summed E-state index contributed by atoms with van der Waals surface area (Å²) in [6.07, 6.45) is 13.7. The van der Waals surface area contributed by atoms with E-state index < -0.39 is 24.2 Å². The van der Waals surface area contributed by atoms with E-state index in [2.05, 4.69) is 62.5 Å². The number of nitrogens with zero attached hydrogens (tertiary/aromatic N) is 3. The molecule has 53 heavy (non-hydrogen) atoms. The highest BCUT2D eigenvalue weighted by molar-refractivity contribution is 5.83. The van der Waals surface area contributed by atoms with Crippen LogP contribution >= 0.6 is 0 Å². The first-order chi connectivity index (χ1) is 25.3. The van der Waals surface area contributed by atoms with Gasteiger partial charge in [-0.1, -0.05) is 52.4 Å². The number of rotatable bonds is 14. The average molecular weight is 748 g/mol. The maximum atomic E-state index is 14.2. The summed E-state index contributed by atoms with van der Waals surface area (Å²) in [5.74, 6) is 1.72. The molecule has 5 rings (SSSR count). The monoisotopic (exact) mass is 748 g/mol. The third kappa shape index (κ3) is 10.5. The molecule has 14 atom stereocenters. The second-order valence-corrected chi connectivity index (χ2v) is 18.7. The van der Waals surface area contributed by atoms with E-state index in [1.165, 1.54) is 38.5 Å². The van der Waals surface area contributed by atoms with Crippen LogP contribution in [0.5, 0.6) is 0 Å². The van der Waals surface area contributed by atoms with Crippen LogP contribution in [0.3, 0.4) is 0 Å². The van der Waals surface area contributed by atoms with Crippen molar-refractivity contribution in [2.75, 3.05) is 55.0 Å². The van der Waals surface area contributed by atoms with Crippen molar-refractivity contribution in [1.29, 1.82) is 0 Å². The molecule has 0 aromatic carbocycles. The van der Waals surface area contributed by atoms with Gasteiger partial charge in [0.25, 0.3) is 0 Å². The average Bonchev–Trinajstić information content (AvgIpc) is 3.51. The largest absolute Gasteiger partial charge is 0.394 e. The molecule has 5 fully saturated rings. The molecule has 1 aliphatic heterocycles. The molecule has 1 heterocycles. The number of methoxy groups -OCH3 is 1. The van der Waals surface area contributed by atoms with Crippen LogP contribution in [-0.2, 0) is 19.2 Å². The minimum absolute atomic E-state index is 0.0377. The maximum Gasteiger partial charge on any atom is 0.240 e. The van der Waals surface area contributed by atoms with Crippen molar-refractivity contribution >= 4 is 11.8 Å². The van der Waals surface area contributed by atoms with Gasteiger partial charge in [0.05, 0.1) is 18.8 Å². The van der Waals surface area contributed by atoms with Crippen molar-refractivity contribution in [1.82, 2.24) is 25.5 Å². The summed E-state index contributed by atoms with van der Waals surface area (Å²) in [4.78, 5) is 39.3. The van der Waals surface area contributed by atoms with Crippen molar-refractivity contribution in [3.8, 4) is 0 Å². The van der Waals surface area contributed by atoms with E-state index in [1.54, 1.807) is 12.0 Å². The molecular weight excluding hydrogens is 670 g/mol. The van der Waals surface area contributed by atoms with Crippen molar-refractivity contribution in [3.05, 3.63) is 0 Å². The zero-order valence-electron chi connectivity index (χ0n) is 34.6. The lowest BCUT2D eigenvalue weighted by Gasteiger charge is -2.47. The Morgan fingerprint density at radius 1 is 0.925 bits per heavy atom. The van der Waals surface area contributed by atoms with Crippen LogP contribution in [0.4, 0.5) is 0 Å².